The third-order valence-corrected chi connectivity index (χ3v) is 6.47. The lowest BCUT2D eigenvalue weighted by Gasteiger charge is -2.30. The summed E-state index contributed by atoms with van der Waals surface area (Å²) >= 11 is 0. The number of hydrogen-bond acceptors (Lipinski definition) is 5. The first-order chi connectivity index (χ1) is 16.5. The number of allylic oxidation sites excluding steroid dienone is 1. The Morgan fingerprint density at radius 1 is 0.882 bits per heavy atom. The summed E-state index contributed by atoms with van der Waals surface area (Å²) < 4.78 is 11.4. The maximum atomic E-state index is 13.7. The van der Waals surface area contributed by atoms with Gasteiger partial charge in [0, 0.05) is 23.6 Å². The average molecular weight is 455 g/mol. The number of nitrogens with one attached hydrogen (secondary N) is 2. The van der Waals surface area contributed by atoms with Gasteiger partial charge in [-0.1, -0.05) is 42.5 Å². The Labute approximate surface area is 200 Å². The molecule has 174 valence electrons. The van der Waals surface area contributed by atoms with Crippen LogP contribution in [0.3, 0.4) is 0 Å². The summed E-state index contributed by atoms with van der Waals surface area (Å²) in [6.45, 7) is 4.03. The molecule has 0 saturated carbocycles. The number of carbonyl (C=O) groups is 1. The normalized spacial score (nSPS) is 19.5. The van der Waals surface area contributed by atoms with Crippen LogP contribution in [0.4, 0.5) is 11.4 Å². The van der Waals surface area contributed by atoms with E-state index in [1.165, 1.54) is 0 Å². The fourth-order valence-electron chi connectivity index (χ4n) is 4.98. The lowest BCUT2D eigenvalue weighted by molar-refractivity contribution is -0.116. The number of ketones is 1. The molecule has 0 radical (unpaired) electrons. The van der Waals surface area contributed by atoms with Crippen LogP contribution in [0.25, 0.3) is 0 Å². The highest BCUT2D eigenvalue weighted by molar-refractivity contribution is 6.01. The zero-order valence-corrected chi connectivity index (χ0v) is 19.8. The van der Waals surface area contributed by atoms with E-state index in [-0.39, 0.29) is 23.8 Å². The second-order valence-corrected chi connectivity index (χ2v) is 9.15. The number of Topliss-reactive ketones (excluding diaryl/α,β-unsaturated/α-hetero) is 1. The van der Waals surface area contributed by atoms with Gasteiger partial charge in [-0.25, -0.2) is 0 Å². The minimum Gasteiger partial charge on any atom is -0.496 e. The molecule has 0 bridgehead atoms. The van der Waals surface area contributed by atoms with Crippen LogP contribution in [0.5, 0.6) is 11.5 Å². The maximum absolute atomic E-state index is 13.7. The second-order valence-electron chi connectivity index (χ2n) is 9.15. The van der Waals surface area contributed by atoms with Crippen molar-refractivity contribution in [1.82, 2.24) is 0 Å². The number of fused-ring (bicyclic) bond motifs is 1. The van der Waals surface area contributed by atoms with E-state index in [9.17, 15) is 4.79 Å². The molecule has 2 aliphatic rings. The number of para-hydroxylation sites is 3. The van der Waals surface area contributed by atoms with E-state index in [2.05, 4.69) is 16.7 Å². The molecule has 0 spiro atoms. The minimum absolute atomic E-state index is 0.0580. The summed E-state index contributed by atoms with van der Waals surface area (Å²) in [6.07, 6.45) is 1.30. The Morgan fingerprint density at radius 2 is 1.59 bits per heavy atom. The lowest BCUT2D eigenvalue weighted by Crippen LogP contribution is -2.27. The standard InChI is InChI=1S/C29H30N2O3/c1-18(2)34-21-14-12-19(13-15-21)29-28-25(30-23-9-5-6-10-24(23)31-29)16-20(17-26(28)32)22-8-4-7-11-27(22)33-3/h4-15,18,20,29-31H,16-17H2,1-3H3. The molecule has 1 aliphatic carbocycles. The second kappa shape index (κ2) is 9.26. The molecular formula is C29H30N2O3. The van der Waals surface area contributed by atoms with Gasteiger partial charge in [-0.15, -0.1) is 0 Å². The van der Waals surface area contributed by atoms with Gasteiger partial charge >= 0.3 is 0 Å². The molecule has 2 atom stereocenters. The van der Waals surface area contributed by atoms with E-state index >= 15 is 0 Å². The van der Waals surface area contributed by atoms with Crippen molar-refractivity contribution in [2.24, 2.45) is 0 Å². The van der Waals surface area contributed by atoms with E-state index in [4.69, 9.17) is 9.47 Å². The Hall–Kier alpha value is -3.73. The summed E-state index contributed by atoms with van der Waals surface area (Å²) in [4.78, 5) is 13.7. The molecule has 0 amide bonds. The summed E-state index contributed by atoms with van der Waals surface area (Å²) in [5, 5.41) is 7.23. The number of carbonyl (C=O) groups excluding carboxylic acids is 1. The van der Waals surface area contributed by atoms with E-state index in [1.54, 1.807) is 7.11 Å². The molecule has 2 unspecified atom stereocenters. The van der Waals surface area contributed by atoms with Crippen molar-refractivity contribution in [1.29, 1.82) is 0 Å². The van der Waals surface area contributed by atoms with Crippen LogP contribution in [-0.4, -0.2) is 19.0 Å². The predicted octanol–water partition coefficient (Wildman–Crippen LogP) is 6.46. The monoisotopic (exact) mass is 454 g/mol. The average Bonchev–Trinajstić information content (AvgIpc) is 3.01. The van der Waals surface area contributed by atoms with Crippen molar-refractivity contribution in [3.63, 3.8) is 0 Å². The maximum Gasteiger partial charge on any atom is 0.163 e. The van der Waals surface area contributed by atoms with Gasteiger partial charge in [0.05, 0.1) is 30.6 Å². The highest BCUT2D eigenvalue weighted by Gasteiger charge is 2.36. The van der Waals surface area contributed by atoms with E-state index in [0.29, 0.717) is 6.42 Å². The predicted molar refractivity (Wildman–Crippen MR) is 136 cm³/mol. The smallest absolute Gasteiger partial charge is 0.163 e. The van der Waals surface area contributed by atoms with Crippen molar-refractivity contribution in [2.75, 3.05) is 17.7 Å². The molecule has 0 saturated heterocycles. The summed E-state index contributed by atoms with van der Waals surface area (Å²) in [5.41, 5.74) is 5.84. The first-order valence-electron chi connectivity index (χ1n) is 11.8. The SMILES string of the molecule is COc1ccccc1C1CC(=O)C2=C(C1)Nc1ccccc1NC2c1ccc(OC(C)C)cc1. The van der Waals surface area contributed by atoms with Gasteiger partial charge in [0.15, 0.2) is 5.78 Å². The molecule has 5 rings (SSSR count). The molecule has 0 aromatic heterocycles. The van der Waals surface area contributed by atoms with Gasteiger partial charge in [0.2, 0.25) is 0 Å². The summed E-state index contributed by atoms with van der Waals surface area (Å²) in [6, 6.07) is 23.9. The van der Waals surface area contributed by atoms with Crippen LogP contribution in [0.2, 0.25) is 0 Å². The van der Waals surface area contributed by atoms with Gasteiger partial charge in [0.1, 0.15) is 11.5 Å². The first-order valence-corrected chi connectivity index (χ1v) is 11.8. The number of ether oxygens (including phenoxy) is 2. The topological polar surface area (TPSA) is 59.6 Å². The van der Waals surface area contributed by atoms with E-state index in [1.807, 2.05) is 80.6 Å². The minimum atomic E-state index is -0.245. The first kappa shape index (κ1) is 22.1. The Morgan fingerprint density at radius 3 is 2.32 bits per heavy atom. The number of benzene rings is 3. The van der Waals surface area contributed by atoms with E-state index in [0.717, 1.165) is 51.7 Å². The van der Waals surface area contributed by atoms with Crippen molar-refractivity contribution < 1.29 is 14.3 Å². The van der Waals surface area contributed by atoms with Crippen LogP contribution < -0.4 is 20.1 Å². The van der Waals surface area contributed by atoms with Crippen LogP contribution in [0, 0.1) is 0 Å². The van der Waals surface area contributed by atoms with Crippen LogP contribution >= 0.6 is 0 Å². The van der Waals surface area contributed by atoms with Gasteiger partial charge in [0.25, 0.3) is 0 Å². The highest BCUT2D eigenvalue weighted by atomic mass is 16.5. The highest BCUT2D eigenvalue weighted by Crippen LogP contribution is 2.45. The van der Waals surface area contributed by atoms with Crippen molar-refractivity contribution in [3.8, 4) is 11.5 Å². The quantitative estimate of drug-likeness (QED) is 0.463. The largest absolute Gasteiger partial charge is 0.496 e. The molecule has 0 fully saturated rings. The van der Waals surface area contributed by atoms with Gasteiger partial charge in [-0.2, -0.15) is 0 Å². The fraction of sp³-hybridized carbons (Fsp3) is 0.276. The van der Waals surface area contributed by atoms with Gasteiger partial charge in [-0.05, 0) is 61.7 Å². The molecule has 2 N–H and O–H groups in total. The van der Waals surface area contributed by atoms with Crippen LogP contribution in [-0.2, 0) is 4.79 Å². The molecule has 1 heterocycles. The van der Waals surface area contributed by atoms with Crippen LogP contribution in [0.15, 0.2) is 84.1 Å². The van der Waals surface area contributed by atoms with Gasteiger partial charge < -0.3 is 20.1 Å². The summed E-state index contributed by atoms with van der Waals surface area (Å²) in [7, 11) is 1.68. The zero-order valence-electron chi connectivity index (χ0n) is 19.8. The molecule has 34 heavy (non-hydrogen) atoms. The third-order valence-electron chi connectivity index (χ3n) is 6.47. The van der Waals surface area contributed by atoms with Crippen molar-refractivity contribution >= 4 is 17.2 Å². The van der Waals surface area contributed by atoms with E-state index < -0.39 is 0 Å². The number of hydrogen-bond donors (Lipinski definition) is 2. The molecule has 3 aromatic carbocycles. The third kappa shape index (κ3) is 4.26. The number of anilines is 2. The van der Waals surface area contributed by atoms with Crippen molar-refractivity contribution in [3.05, 3.63) is 95.2 Å². The Kier molecular flexibility index (Phi) is 6.01. The molecule has 3 aromatic rings. The fourth-order valence-corrected chi connectivity index (χ4v) is 4.98. The molecule has 5 heteroatoms. The Balaban J connectivity index is 1.56. The number of methoxy groups -OCH3 is 1. The molecule has 1 aliphatic heterocycles. The lowest BCUT2D eigenvalue weighted by atomic mass is 9.78. The van der Waals surface area contributed by atoms with Crippen LogP contribution in [0.1, 0.15) is 49.8 Å². The van der Waals surface area contributed by atoms with Crippen molar-refractivity contribution in [2.45, 2.75) is 44.8 Å². The Bertz CT molecular complexity index is 1230. The molecule has 5 nitrogen and oxygen atoms in total. The zero-order chi connectivity index (χ0) is 23.7. The van der Waals surface area contributed by atoms with Gasteiger partial charge in [-0.3, -0.25) is 4.79 Å². The number of rotatable bonds is 5. The summed E-state index contributed by atoms with van der Waals surface area (Å²) in [5.74, 6) is 1.86. The molecular weight excluding hydrogens is 424 g/mol.